The zero-order valence-corrected chi connectivity index (χ0v) is 15.1. The molecule has 0 bridgehead atoms. The summed E-state index contributed by atoms with van der Waals surface area (Å²) in [6, 6.07) is 4.53. The van der Waals surface area contributed by atoms with E-state index in [0.29, 0.717) is 17.3 Å². The summed E-state index contributed by atoms with van der Waals surface area (Å²) in [5.41, 5.74) is 7.67. The number of aliphatic hydroxyl groups excluding tert-OH is 1. The Morgan fingerprint density at radius 2 is 2.04 bits per heavy atom. The van der Waals surface area contributed by atoms with Crippen LogP contribution in [0.1, 0.15) is 57.9 Å². The van der Waals surface area contributed by atoms with Gasteiger partial charge in [0, 0.05) is 19.1 Å². The van der Waals surface area contributed by atoms with Crippen LogP contribution >= 0.6 is 0 Å². The summed E-state index contributed by atoms with van der Waals surface area (Å²) in [7, 11) is 0. The summed E-state index contributed by atoms with van der Waals surface area (Å²) in [6.45, 7) is 7.94. The molecule has 1 aromatic rings. The molecule has 3 rings (SSSR count). The van der Waals surface area contributed by atoms with Crippen molar-refractivity contribution < 1.29 is 5.11 Å². The first kappa shape index (κ1) is 17.5. The average molecular weight is 332 g/mol. The van der Waals surface area contributed by atoms with E-state index >= 15 is 0 Å². The summed E-state index contributed by atoms with van der Waals surface area (Å²) in [5.74, 6) is 1.46. The van der Waals surface area contributed by atoms with Gasteiger partial charge in [0.15, 0.2) is 0 Å². The predicted octanol–water partition coefficient (Wildman–Crippen LogP) is 3.00. The van der Waals surface area contributed by atoms with Crippen LogP contribution < -0.4 is 11.1 Å². The molecule has 1 aliphatic carbocycles. The van der Waals surface area contributed by atoms with Crippen molar-refractivity contribution in [2.45, 2.75) is 71.1 Å². The molecule has 1 aromatic heterocycles. The van der Waals surface area contributed by atoms with Crippen LogP contribution in [0.5, 0.6) is 0 Å². The zero-order chi connectivity index (χ0) is 17.2. The van der Waals surface area contributed by atoms with Gasteiger partial charge in [-0.05, 0) is 68.2 Å². The van der Waals surface area contributed by atoms with Gasteiger partial charge in [-0.1, -0.05) is 13.8 Å². The Labute approximate surface area is 145 Å². The number of piperidine rings is 1. The van der Waals surface area contributed by atoms with Gasteiger partial charge >= 0.3 is 0 Å². The van der Waals surface area contributed by atoms with Gasteiger partial charge < -0.3 is 16.2 Å². The van der Waals surface area contributed by atoms with Crippen molar-refractivity contribution in [2.75, 3.05) is 24.1 Å². The van der Waals surface area contributed by atoms with Gasteiger partial charge in [-0.3, -0.25) is 4.90 Å². The topological polar surface area (TPSA) is 74.4 Å². The first-order chi connectivity index (χ1) is 11.4. The van der Waals surface area contributed by atoms with Gasteiger partial charge in [-0.2, -0.15) is 0 Å². The van der Waals surface area contributed by atoms with E-state index in [0.717, 1.165) is 51.1 Å². The molecule has 1 saturated heterocycles. The molecule has 0 spiro atoms. The van der Waals surface area contributed by atoms with Crippen LogP contribution in [0.25, 0.3) is 0 Å². The summed E-state index contributed by atoms with van der Waals surface area (Å²) in [6.07, 6.45) is 6.17. The number of aromatic nitrogens is 1. The Morgan fingerprint density at radius 1 is 1.29 bits per heavy atom. The minimum atomic E-state index is -0.130. The molecule has 1 aliphatic heterocycles. The first-order valence-electron chi connectivity index (χ1n) is 9.33. The number of nitrogens with two attached hydrogens (primary N) is 1. The van der Waals surface area contributed by atoms with E-state index in [1.165, 1.54) is 18.4 Å². The number of nitrogens with zero attached hydrogens (tertiary/aromatic N) is 2. The third-order valence-corrected chi connectivity index (χ3v) is 5.34. The smallest absolute Gasteiger partial charge is 0.128 e. The second kappa shape index (κ2) is 7.28. The van der Waals surface area contributed by atoms with E-state index in [1.807, 2.05) is 6.07 Å². The molecular weight excluding hydrogens is 300 g/mol. The number of aliphatic hydroxyl groups is 1. The predicted molar refractivity (Wildman–Crippen MR) is 98.8 cm³/mol. The number of hydrogen-bond acceptors (Lipinski definition) is 5. The molecule has 0 unspecified atom stereocenters. The fourth-order valence-electron chi connectivity index (χ4n) is 4.14. The molecule has 2 fully saturated rings. The highest BCUT2D eigenvalue weighted by atomic mass is 16.3. The van der Waals surface area contributed by atoms with Crippen LogP contribution in [0.2, 0.25) is 0 Å². The number of anilines is 2. The summed E-state index contributed by atoms with van der Waals surface area (Å²) < 4.78 is 0. The van der Waals surface area contributed by atoms with Gasteiger partial charge in [0.05, 0.1) is 6.10 Å². The molecule has 2 heterocycles. The molecule has 0 radical (unpaired) electrons. The number of nitrogen functional groups attached to an aromatic ring is 1. The van der Waals surface area contributed by atoms with Crippen molar-refractivity contribution in [3.8, 4) is 0 Å². The lowest BCUT2D eigenvalue weighted by Crippen LogP contribution is -2.39. The number of nitrogens with one attached hydrogen (secondary N) is 1. The second-order valence-electron chi connectivity index (χ2n) is 8.41. The molecule has 1 saturated carbocycles. The number of pyridine rings is 1. The largest absolute Gasteiger partial charge is 0.393 e. The monoisotopic (exact) mass is 332 g/mol. The molecule has 134 valence electrons. The van der Waals surface area contributed by atoms with Crippen LogP contribution in [0.3, 0.4) is 0 Å². The van der Waals surface area contributed by atoms with Gasteiger partial charge in [-0.15, -0.1) is 0 Å². The third-order valence-electron chi connectivity index (χ3n) is 5.34. The van der Waals surface area contributed by atoms with Crippen LogP contribution in [-0.4, -0.2) is 40.2 Å². The lowest BCUT2D eigenvalue weighted by molar-refractivity contribution is 0.111. The molecule has 24 heavy (non-hydrogen) atoms. The molecule has 0 aromatic carbocycles. The maximum absolute atomic E-state index is 9.64. The van der Waals surface area contributed by atoms with Crippen LogP contribution in [-0.2, 0) is 6.54 Å². The average Bonchev–Trinajstić information content (AvgIpc) is 2.48. The van der Waals surface area contributed by atoms with Crippen LogP contribution in [0, 0.1) is 5.41 Å². The van der Waals surface area contributed by atoms with E-state index in [4.69, 9.17) is 5.73 Å². The molecule has 2 aliphatic rings. The Bertz CT molecular complexity index is 552. The van der Waals surface area contributed by atoms with E-state index in [2.05, 4.69) is 35.1 Å². The van der Waals surface area contributed by atoms with Gasteiger partial charge in [0.25, 0.3) is 0 Å². The van der Waals surface area contributed by atoms with Gasteiger partial charge in [-0.25, -0.2) is 4.98 Å². The fourth-order valence-corrected chi connectivity index (χ4v) is 4.14. The Morgan fingerprint density at radius 3 is 2.75 bits per heavy atom. The Kier molecular flexibility index (Phi) is 5.30. The maximum atomic E-state index is 9.64. The second-order valence-corrected chi connectivity index (χ2v) is 8.41. The minimum absolute atomic E-state index is 0.130. The van der Waals surface area contributed by atoms with Crippen molar-refractivity contribution in [3.05, 3.63) is 17.7 Å². The first-order valence-corrected chi connectivity index (χ1v) is 9.33. The maximum Gasteiger partial charge on any atom is 0.128 e. The lowest BCUT2D eigenvalue weighted by atomic mass is 9.84. The van der Waals surface area contributed by atoms with E-state index in [1.54, 1.807) is 0 Å². The number of likely N-dealkylation sites (tertiary alicyclic amines) is 1. The van der Waals surface area contributed by atoms with E-state index in [9.17, 15) is 5.11 Å². The van der Waals surface area contributed by atoms with Gasteiger partial charge in [0.2, 0.25) is 0 Å². The molecule has 5 heteroatoms. The minimum Gasteiger partial charge on any atom is -0.393 e. The zero-order valence-electron chi connectivity index (χ0n) is 15.1. The Balaban J connectivity index is 1.63. The van der Waals surface area contributed by atoms with E-state index < -0.39 is 0 Å². The highest BCUT2D eigenvalue weighted by molar-refractivity contribution is 5.47. The van der Waals surface area contributed by atoms with E-state index in [-0.39, 0.29) is 6.10 Å². The highest BCUT2D eigenvalue weighted by Crippen LogP contribution is 2.30. The third kappa shape index (κ3) is 4.84. The van der Waals surface area contributed by atoms with Crippen molar-refractivity contribution in [1.82, 2.24) is 9.88 Å². The lowest BCUT2D eigenvalue weighted by Gasteiger charge is -2.38. The molecular formula is C19H32N4O. The van der Waals surface area contributed by atoms with Crippen molar-refractivity contribution in [1.29, 1.82) is 0 Å². The SMILES string of the molecule is CC1(C)CCCN(Cc2cc(N)nc(NC3CCC(O)CC3)c2)C1. The summed E-state index contributed by atoms with van der Waals surface area (Å²) in [5, 5.41) is 13.2. The molecule has 4 N–H and O–H groups in total. The van der Waals surface area contributed by atoms with Crippen molar-refractivity contribution in [3.63, 3.8) is 0 Å². The van der Waals surface area contributed by atoms with Gasteiger partial charge in [0.1, 0.15) is 11.6 Å². The number of rotatable bonds is 4. The summed E-state index contributed by atoms with van der Waals surface area (Å²) in [4.78, 5) is 6.98. The fraction of sp³-hybridized carbons (Fsp3) is 0.737. The summed E-state index contributed by atoms with van der Waals surface area (Å²) >= 11 is 0. The highest BCUT2D eigenvalue weighted by Gasteiger charge is 2.26. The van der Waals surface area contributed by atoms with Crippen LogP contribution in [0.4, 0.5) is 11.6 Å². The Hall–Kier alpha value is -1.33. The molecule has 0 amide bonds. The quantitative estimate of drug-likeness (QED) is 0.790. The number of hydrogen-bond donors (Lipinski definition) is 3. The van der Waals surface area contributed by atoms with Crippen LogP contribution in [0.15, 0.2) is 12.1 Å². The normalized spacial score (nSPS) is 27.8. The standard InChI is InChI=1S/C19H32N4O/c1-19(2)8-3-9-23(13-19)12-14-10-17(20)22-18(11-14)21-15-4-6-16(24)7-5-15/h10-11,15-16,24H,3-9,12-13H2,1-2H3,(H3,20,21,22). The molecule has 0 atom stereocenters. The molecule has 5 nitrogen and oxygen atoms in total. The van der Waals surface area contributed by atoms with Crippen molar-refractivity contribution in [2.24, 2.45) is 5.41 Å². The van der Waals surface area contributed by atoms with Crippen molar-refractivity contribution >= 4 is 11.6 Å².